The Balaban J connectivity index is 0.00000484. The summed E-state index contributed by atoms with van der Waals surface area (Å²) in [7, 11) is 1.55. The Morgan fingerprint density at radius 2 is 1.96 bits per heavy atom. The molecule has 0 aliphatic rings. The van der Waals surface area contributed by atoms with Crippen molar-refractivity contribution in [3.8, 4) is 5.75 Å². The molecular weight excluding hydrogens is 316 g/mol. The van der Waals surface area contributed by atoms with Gasteiger partial charge in [-0.15, -0.1) is 12.4 Å². The monoisotopic (exact) mass is 342 g/mol. The van der Waals surface area contributed by atoms with E-state index in [9.17, 15) is 9.59 Å². The van der Waals surface area contributed by atoms with Crippen LogP contribution in [0, 0.1) is 5.92 Å². The number of nitrogens with one attached hydrogen (secondary N) is 1. The van der Waals surface area contributed by atoms with Gasteiger partial charge in [-0.3, -0.25) is 9.59 Å². The number of ketones is 1. The quantitative estimate of drug-likeness (QED) is 0.710. The second kappa shape index (κ2) is 10.2. The van der Waals surface area contributed by atoms with Gasteiger partial charge in [0.2, 0.25) is 5.91 Å². The molecule has 130 valence electrons. The van der Waals surface area contributed by atoms with E-state index in [1.165, 1.54) is 6.92 Å². The van der Waals surface area contributed by atoms with E-state index in [4.69, 9.17) is 10.5 Å². The minimum Gasteiger partial charge on any atom is -0.496 e. The first-order valence-corrected chi connectivity index (χ1v) is 7.54. The van der Waals surface area contributed by atoms with E-state index in [2.05, 4.69) is 19.2 Å². The van der Waals surface area contributed by atoms with Crippen molar-refractivity contribution in [1.29, 1.82) is 0 Å². The van der Waals surface area contributed by atoms with Crippen molar-refractivity contribution in [2.75, 3.05) is 13.7 Å². The Labute approximate surface area is 144 Å². The molecule has 1 atom stereocenters. The zero-order valence-electron chi connectivity index (χ0n) is 14.2. The van der Waals surface area contributed by atoms with Crippen LogP contribution in [-0.4, -0.2) is 31.4 Å². The zero-order valence-corrected chi connectivity index (χ0v) is 15.0. The predicted molar refractivity (Wildman–Crippen MR) is 94.4 cm³/mol. The number of rotatable bonds is 8. The van der Waals surface area contributed by atoms with Crippen LogP contribution in [-0.2, 0) is 11.2 Å². The first kappa shape index (κ1) is 21.4. The lowest BCUT2D eigenvalue weighted by atomic mass is 10.0. The maximum absolute atomic E-state index is 12.2. The summed E-state index contributed by atoms with van der Waals surface area (Å²) in [6.07, 6.45) is 1.01. The number of carbonyl (C=O) groups excluding carboxylic acids is 2. The second-order valence-electron chi connectivity index (χ2n) is 5.89. The summed E-state index contributed by atoms with van der Waals surface area (Å²) >= 11 is 0. The molecule has 1 unspecified atom stereocenters. The van der Waals surface area contributed by atoms with Gasteiger partial charge < -0.3 is 15.8 Å². The van der Waals surface area contributed by atoms with E-state index in [0.29, 0.717) is 29.3 Å². The smallest absolute Gasteiger partial charge is 0.224 e. The normalized spacial score (nSPS) is 11.6. The molecule has 0 aliphatic carbocycles. The summed E-state index contributed by atoms with van der Waals surface area (Å²) in [5.41, 5.74) is 6.97. The first-order valence-electron chi connectivity index (χ1n) is 7.54. The molecule has 6 heteroatoms. The molecule has 1 rings (SSSR count). The van der Waals surface area contributed by atoms with Crippen LogP contribution in [0.1, 0.15) is 43.1 Å². The molecule has 1 amide bonds. The highest BCUT2D eigenvalue weighted by Crippen LogP contribution is 2.21. The summed E-state index contributed by atoms with van der Waals surface area (Å²) in [6.45, 7) is 6.09. The van der Waals surface area contributed by atoms with Crippen LogP contribution in [0.2, 0.25) is 0 Å². The van der Waals surface area contributed by atoms with Gasteiger partial charge in [0.15, 0.2) is 5.78 Å². The van der Waals surface area contributed by atoms with Crippen LogP contribution in [0.3, 0.4) is 0 Å². The topological polar surface area (TPSA) is 81.4 Å². The fourth-order valence-electron chi connectivity index (χ4n) is 2.37. The van der Waals surface area contributed by atoms with Crippen LogP contribution >= 0.6 is 12.4 Å². The number of amides is 1. The lowest BCUT2D eigenvalue weighted by Gasteiger charge is -2.19. The molecule has 5 nitrogen and oxygen atoms in total. The lowest BCUT2D eigenvalue weighted by molar-refractivity contribution is -0.121. The number of hydrogen-bond acceptors (Lipinski definition) is 4. The fourth-order valence-corrected chi connectivity index (χ4v) is 2.37. The van der Waals surface area contributed by atoms with Gasteiger partial charge in [-0.1, -0.05) is 13.8 Å². The van der Waals surface area contributed by atoms with E-state index >= 15 is 0 Å². The SMILES string of the molecule is COc1ccc(C(C)=O)cc1CC(=O)NC(CN)CC(C)C.Cl. The highest BCUT2D eigenvalue weighted by atomic mass is 35.5. The molecule has 0 saturated carbocycles. The number of carbonyl (C=O) groups is 2. The van der Waals surface area contributed by atoms with Crippen molar-refractivity contribution < 1.29 is 14.3 Å². The van der Waals surface area contributed by atoms with Crippen molar-refractivity contribution in [3.05, 3.63) is 29.3 Å². The Bertz CT molecular complexity index is 533. The standard InChI is InChI=1S/C17H26N2O3.ClH/c1-11(2)7-15(10-18)19-17(21)9-14-8-13(12(3)20)5-6-16(14)22-4;/h5-6,8,11,15H,7,9-10,18H2,1-4H3,(H,19,21);1H. The summed E-state index contributed by atoms with van der Waals surface area (Å²) in [5.74, 6) is 0.914. The molecule has 23 heavy (non-hydrogen) atoms. The number of ether oxygens (including phenoxy) is 1. The van der Waals surface area contributed by atoms with Gasteiger partial charge in [0.1, 0.15) is 5.75 Å². The predicted octanol–water partition coefficient (Wildman–Crippen LogP) is 2.35. The van der Waals surface area contributed by atoms with Crippen molar-refractivity contribution in [2.24, 2.45) is 11.7 Å². The number of hydrogen-bond donors (Lipinski definition) is 2. The molecule has 0 radical (unpaired) electrons. The van der Waals surface area contributed by atoms with E-state index in [1.807, 2.05) is 0 Å². The molecular formula is C17H27ClN2O3. The molecule has 3 N–H and O–H groups in total. The Morgan fingerprint density at radius 3 is 2.43 bits per heavy atom. The highest BCUT2D eigenvalue weighted by molar-refractivity contribution is 5.94. The first-order chi connectivity index (χ1) is 10.4. The summed E-state index contributed by atoms with van der Waals surface area (Å²) in [6, 6.07) is 5.09. The van der Waals surface area contributed by atoms with Crippen LogP contribution < -0.4 is 15.8 Å². The minimum atomic E-state index is -0.116. The van der Waals surface area contributed by atoms with Crippen molar-refractivity contribution in [1.82, 2.24) is 5.32 Å². The Hall–Kier alpha value is -1.59. The van der Waals surface area contributed by atoms with Gasteiger partial charge in [0.25, 0.3) is 0 Å². The maximum atomic E-state index is 12.2. The fraction of sp³-hybridized carbons (Fsp3) is 0.529. The average molecular weight is 343 g/mol. The Morgan fingerprint density at radius 1 is 1.30 bits per heavy atom. The van der Waals surface area contributed by atoms with E-state index in [-0.39, 0.29) is 36.6 Å². The highest BCUT2D eigenvalue weighted by Gasteiger charge is 2.15. The lowest BCUT2D eigenvalue weighted by Crippen LogP contribution is -2.41. The minimum absolute atomic E-state index is 0. The van der Waals surface area contributed by atoms with Crippen LogP contribution in [0.15, 0.2) is 18.2 Å². The van der Waals surface area contributed by atoms with Gasteiger partial charge in [-0.2, -0.15) is 0 Å². The third-order valence-corrected chi connectivity index (χ3v) is 3.44. The van der Waals surface area contributed by atoms with E-state index < -0.39 is 0 Å². The number of benzene rings is 1. The molecule has 1 aromatic rings. The summed E-state index contributed by atoms with van der Waals surface area (Å²) < 4.78 is 5.26. The third kappa shape index (κ3) is 7.01. The molecule has 0 aromatic heterocycles. The molecule has 1 aromatic carbocycles. The molecule has 0 aliphatic heterocycles. The molecule has 0 fully saturated rings. The van der Waals surface area contributed by atoms with Crippen molar-refractivity contribution in [2.45, 2.75) is 39.7 Å². The number of Topliss-reactive ketones (excluding diaryl/α,β-unsaturated/α-hetero) is 1. The maximum Gasteiger partial charge on any atom is 0.224 e. The van der Waals surface area contributed by atoms with Crippen LogP contribution in [0.4, 0.5) is 0 Å². The third-order valence-electron chi connectivity index (χ3n) is 3.44. The van der Waals surface area contributed by atoms with Crippen LogP contribution in [0.25, 0.3) is 0 Å². The molecule has 0 spiro atoms. The van der Waals surface area contributed by atoms with Crippen molar-refractivity contribution >= 4 is 24.1 Å². The number of nitrogens with two attached hydrogens (primary N) is 1. The van der Waals surface area contributed by atoms with Gasteiger partial charge in [-0.25, -0.2) is 0 Å². The van der Waals surface area contributed by atoms with Gasteiger partial charge in [0, 0.05) is 23.7 Å². The zero-order chi connectivity index (χ0) is 16.7. The average Bonchev–Trinajstić information content (AvgIpc) is 2.45. The number of halogens is 1. The second-order valence-corrected chi connectivity index (χ2v) is 5.89. The largest absolute Gasteiger partial charge is 0.496 e. The molecule has 0 heterocycles. The van der Waals surface area contributed by atoms with E-state index in [0.717, 1.165) is 6.42 Å². The summed E-state index contributed by atoms with van der Waals surface area (Å²) in [5, 5.41) is 2.94. The van der Waals surface area contributed by atoms with Gasteiger partial charge in [0.05, 0.1) is 13.5 Å². The van der Waals surface area contributed by atoms with Crippen molar-refractivity contribution in [3.63, 3.8) is 0 Å². The van der Waals surface area contributed by atoms with Gasteiger partial charge >= 0.3 is 0 Å². The summed E-state index contributed by atoms with van der Waals surface area (Å²) in [4.78, 5) is 23.7. The van der Waals surface area contributed by atoms with E-state index in [1.54, 1.807) is 25.3 Å². The Kier molecular flexibility index (Phi) is 9.53. The number of methoxy groups -OCH3 is 1. The molecule has 0 saturated heterocycles. The molecule has 0 bridgehead atoms. The van der Waals surface area contributed by atoms with Gasteiger partial charge in [-0.05, 0) is 37.5 Å². The van der Waals surface area contributed by atoms with Crippen LogP contribution in [0.5, 0.6) is 5.75 Å².